The standard InChI is InChI=1S/C21H28N2O3/c1-26-21(25)16-10-12-22(13-11-16)20(24)14-23(17-7-8-17)19-9-6-15-4-2-3-5-18(15)19/h2-5,16-17,19H,6-14H2,1H3/t19-/m1/s1. The Balaban J connectivity index is 1.39. The second-order valence-corrected chi connectivity index (χ2v) is 7.84. The summed E-state index contributed by atoms with van der Waals surface area (Å²) < 4.78 is 4.84. The lowest BCUT2D eigenvalue weighted by atomic mass is 9.97. The summed E-state index contributed by atoms with van der Waals surface area (Å²) in [6.07, 6.45) is 6.07. The zero-order chi connectivity index (χ0) is 18.1. The number of benzene rings is 1. The molecule has 1 atom stereocenters. The Kier molecular flexibility index (Phi) is 4.98. The van der Waals surface area contributed by atoms with Crippen molar-refractivity contribution in [3.05, 3.63) is 35.4 Å². The van der Waals surface area contributed by atoms with Crippen LogP contribution in [-0.2, 0) is 20.7 Å². The predicted octanol–water partition coefficient (Wildman–Crippen LogP) is 2.55. The number of carbonyl (C=O) groups is 2. The van der Waals surface area contributed by atoms with Crippen molar-refractivity contribution in [1.29, 1.82) is 0 Å². The van der Waals surface area contributed by atoms with Gasteiger partial charge in [0.2, 0.25) is 5.91 Å². The van der Waals surface area contributed by atoms with Gasteiger partial charge in [0.15, 0.2) is 0 Å². The van der Waals surface area contributed by atoms with Gasteiger partial charge in [-0.25, -0.2) is 0 Å². The van der Waals surface area contributed by atoms with Crippen molar-refractivity contribution in [2.45, 2.75) is 50.6 Å². The number of rotatable bonds is 5. The first-order valence-corrected chi connectivity index (χ1v) is 9.86. The lowest BCUT2D eigenvalue weighted by molar-refractivity contribution is -0.149. The molecule has 2 fully saturated rings. The summed E-state index contributed by atoms with van der Waals surface area (Å²) in [5, 5.41) is 0. The van der Waals surface area contributed by atoms with Crippen molar-refractivity contribution in [2.24, 2.45) is 5.92 Å². The van der Waals surface area contributed by atoms with Crippen LogP contribution in [0.15, 0.2) is 24.3 Å². The van der Waals surface area contributed by atoms with Crippen LogP contribution in [0.4, 0.5) is 0 Å². The normalized spacial score (nSPS) is 23.2. The van der Waals surface area contributed by atoms with E-state index in [1.807, 2.05) is 4.90 Å². The lowest BCUT2D eigenvalue weighted by Crippen LogP contribution is -2.46. The summed E-state index contributed by atoms with van der Waals surface area (Å²) in [5.41, 5.74) is 2.85. The van der Waals surface area contributed by atoms with Gasteiger partial charge >= 0.3 is 5.97 Å². The number of likely N-dealkylation sites (tertiary alicyclic amines) is 1. The van der Waals surface area contributed by atoms with E-state index in [1.165, 1.54) is 31.1 Å². The van der Waals surface area contributed by atoms with Crippen LogP contribution in [-0.4, -0.2) is 54.5 Å². The number of carbonyl (C=O) groups excluding carboxylic acids is 2. The molecule has 1 heterocycles. The molecule has 3 aliphatic rings. The number of aryl methyl sites for hydroxylation is 1. The monoisotopic (exact) mass is 356 g/mol. The summed E-state index contributed by atoms with van der Waals surface area (Å²) in [5.74, 6) is 0.0224. The van der Waals surface area contributed by atoms with Gasteiger partial charge in [-0.05, 0) is 49.7 Å². The van der Waals surface area contributed by atoms with Crippen LogP contribution < -0.4 is 0 Å². The number of amides is 1. The van der Waals surface area contributed by atoms with E-state index in [9.17, 15) is 9.59 Å². The maximum absolute atomic E-state index is 12.9. The molecule has 140 valence electrons. The SMILES string of the molecule is COC(=O)C1CCN(C(=O)CN(C2CC2)[C@@H]2CCc3ccccc32)CC1. The number of nitrogens with zero attached hydrogens (tertiary/aromatic N) is 2. The first kappa shape index (κ1) is 17.5. The van der Waals surface area contributed by atoms with E-state index in [4.69, 9.17) is 4.74 Å². The van der Waals surface area contributed by atoms with Gasteiger partial charge in [-0.15, -0.1) is 0 Å². The Morgan fingerprint density at radius 3 is 2.54 bits per heavy atom. The Morgan fingerprint density at radius 2 is 1.85 bits per heavy atom. The number of methoxy groups -OCH3 is 1. The highest BCUT2D eigenvalue weighted by atomic mass is 16.5. The van der Waals surface area contributed by atoms with E-state index < -0.39 is 0 Å². The van der Waals surface area contributed by atoms with Crippen molar-refractivity contribution in [3.63, 3.8) is 0 Å². The fraction of sp³-hybridized carbons (Fsp3) is 0.619. The molecule has 0 unspecified atom stereocenters. The zero-order valence-electron chi connectivity index (χ0n) is 15.5. The molecular formula is C21H28N2O3. The van der Waals surface area contributed by atoms with Crippen molar-refractivity contribution in [3.8, 4) is 0 Å². The molecule has 0 spiro atoms. The molecule has 4 rings (SSSR count). The average molecular weight is 356 g/mol. The molecule has 1 aromatic carbocycles. The molecule has 5 nitrogen and oxygen atoms in total. The summed E-state index contributed by atoms with van der Waals surface area (Å²) in [6.45, 7) is 1.84. The molecule has 1 amide bonds. The molecule has 1 saturated carbocycles. The lowest BCUT2D eigenvalue weighted by Gasteiger charge is -2.34. The van der Waals surface area contributed by atoms with Crippen molar-refractivity contribution >= 4 is 11.9 Å². The van der Waals surface area contributed by atoms with Gasteiger partial charge in [0.1, 0.15) is 0 Å². The molecule has 1 saturated heterocycles. The molecule has 0 aromatic heterocycles. The molecular weight excluding hydrogens is 328 g/mol. The Hall–Kier alpha value is -1.88. The minimum Gasteiger partial charge on any atom is -0.469 e. The molecule has 0 radical (unpaired) electrons. The third-order valence-electron chi connectivity index (χ3n) is 6.22. The van der Waals surface area contributed by atoms with E-state index in [0.717, 1.165) is 12.8 Å². The molecule has 1 aromatic rings. The second-order valence-electron chi connectivity index (χ2n) is 7.84. The third-order valence-corrected chi connectivity index (χ3v) is 6.22. The van der Waals surface area contributed by atoms with Gasteiger partial charge in [0.25, 0.3) is 0 Å². The van der Waals surface area contributed by atoms with Gasteiger partial charge in [-0.2, -0.15) is 0 Å². The van der Waals surface area contributed by atoms with Crippen molar-refractivity contribution < 1.29 is 14.3 Å². The molecule has 0 N–H and O–H groups in total. The molecule has 26 heavy (non-hydrogen) atoms. The van der Waals surface area contributed by atoms with Crippen LogP contribution in [0.2, 0.25) is 0 Å². The summed E-state index contributed by atoms with van der Waals surface area (Å²) >= 11 is 0. The summed E-state index contributed by atoms with van der Waals surface area (Å²) in [6, 6.07) is 9.62. The summed E-state index contributed by atoms with van der Waals surface area (Å²) in [4.78, 5) is 29.0. The van der Waals surface area contributed by atoms with Gasteiger partial charge < -0.3 is 9.64 Å². The highest BCUT2D eigenvalue weighted by Gasteiger charge is 2.39. The predicted molar refractivity (Wildman–Crippen MR) is 98.6 cm³/mol. The number of esters is 1. The van der Waals surface area contributed by atoms with Crippen LogP contribution in [0.3, 0.4) is 0 Å². The Labute approximate surface area is 155 Å². The van der Waals surface area contributed by atoms with Crippen LogP contribution in [0.25, 0.3) is 0 Å². The first-order chi connectivity index (χ1) is 12.7. The number of hydrogen-bond donors (Lipinski definition) is 0. The number of fused-ring (bicyclic) bond motifs is 1. The zero-order valence-corrected chi connectivity index (χ0v) is 15.5. The van der Waals surface area contributed by atoms with Crippen molar-refractivity contribution in [2.75, 3.05) is 26.7 Å². The number of hydrogen-bond acceptors (Lipinski definition) is 4. The molecule has 5 heteroatoms. The average Bonchev–Trinajstić information content (AvgIpc) is 3.44. The Bertz CT molecular complexity index is 678. The third kappa shape index (κ3) is 3.50. The second kappa shape index (κ2) is 7.39. The van der Waals surface area contributed by atoms with Gasteiger partial charge in [0.05, 0.1) is 19.6 Å². The number of piperidine rings is 1. The van der Waals surface area contributed by atoms with Gasteiger partial charge in [0, 0.05) is 25.2 Å². The van der Waals surface area contributed by atoms with E-state index in [0.29, 0.717) is 44.6 Å². The maximum atomic E-state index is 12.9. The van der Waals surface area contributed by atoms with Crippen LogP contribution >= 0.6 is 0 Å². The largest absolute Gasteiger partial charge is 0.469 e. The quantitative estimate of drug-likeness (QED) is 0.761. The van der Waals surface area contributed by atoms with E-state index in [2.05, 4.69) is 29.2 Å². The highest BCUT2D eigenvalue weighted by molar-refractivity contribution is 5.79. The Morgan fingerprint density at radius 1 is 1.12 bits per heavy atom. The minimum absolute atomic E-state index is 0.0507. The highest BCUT2D eigenvalue weighted by Crippen LogP contribution is 2.41. The van der Waals surface area contributed by atoms with Crippen LogP contribution in [0.5, 0.6) is 0 Å². The van der Waals surface area contributed by atoms with Gasteiger partial charge in [-0.3, -0.25) is 14.5 Å². The minimum atomic E-state index is -0.140. The smallest absolute Gasteiger partial charge is 0.308 e. The fourth-order valence-electron chi connectivity index (χ4n) is 4.57. The first-order valence-electron chi connectivity index (χ1n) is 9.86. The van der Waals surface area contributed by atoms with E-state index in [-0.39, 0.29) is 17.8 Å². The van der Waals surface area contributed by atoms with E-state index in [1.54, 1.807) is 0 Å². The number of ether oxygens (including phenoxy) is 1. The van der Waals surface area contributed by atoms with Crippen molar-refractivity contribution in [1.82, 2.24) is 9.80 Å². The van der Waals surface area contributed by atoms with E-state index >= 15 is 0 Å². The van der Waals surface area contributed by atoms with Crippen LogP contribution in [0.1, 0.15) is 49.3 Å². The fourth-order valence-corrected chi connectivity index (χ4v) is 4.57. The topological polar surface area (TPSA) is 49.9 Å². The van der Waals surface area contributed by atoms with Gasteiger partial charge in [-0.1, -0.05) is 24.3 Å². The molecule has 1 aliphatic heterocycles. The van der Waals surface area contributed by atoms with Crippen LogP contribution in [0, 0.1) is 5.92 Å². The maximum Gasteiger partial charge on any atom is 0.308 e. The molecule has 2 aliphatic carbocycles. The summed E-state index contributed by atoms with van der Waals surface area (Å²) in [7, 11) is 1.44. The molecule has 0 bridgehead atoms.